The zero-order valence-electron chi connectivity index (χ0n) is 10.6. The highest BCUT2D eigenvalue weighted by Crippen LogP contribution is 2.22. The number of aromatic carboxylic acids is 1. The lowest BCUT2D eigenvalue weighted by molar-refractivity contribution is 0.0695. The molecule has 1 aromatic rings. The van der Waals surface area contributed by atoms with E-state index in [-0.39, 0.29) is 0 Å². The van der Waals surface area contributed by atoms with Crippen molar-refractivity contribution in [3.63, 3.8) is 0 Å². The zero-order chi connectivity index (χ0) is 13.1. The Hall–Kier alpha value is -0.363. The van der Waals surface area contributed by atoms with Crippen LogP contribution in [0.25, 0.3) is 0 Å². The van der Waals surface area contributed by atoms with Gasteiger partial charge in [0.2, 0.25) is 0 Å². The largest absolute Gasteiger partial charge is 0.478 e. The van der Waals surface area contributed by atoms with E-state index in [1.165, 1.54) is 5.56 Å². The van der Waals surface area contributed by atoms with E-state index in [1.54, 1.807) is 6.07 Å². The summed E-state index contributed by atoms with van der Waals surface area (Å²) in [7, 11) is -1.13. The van der Waals surface area contributed by atoms with Crippen LogP contribution in [0, 0.1) is 0 Å². The van der Waals surface area contributed by atoms with Crippen molar-refractivity contribution in [2.24, 2.45) is 0 Å². The number of hydrogen-bond acceptors (Lipinski definition) is 1. The second-order valence-electron chi connectivity index (χ2n) is 5.44. The lowest BCUT2D eigenvalue weighted by Crippen LogP contribution is -2.21. The number of halogens is 1. The predicted molar refractivity (Wildman–Crippen MR) is 83.0 cm³/mol. The van der Waals surface area contributed by atoms with Crippen LogP contribution in [-0.4, -0.2) is 19.1 Å². The number of hydrogen-bond donors (Lipinski definition) is 1. The van der Waals surface area contributed by atoms with Gasteiger partial charge in [0.15, 0.2) is 0 Å². The fraction of sp³-hybridized carbons (Fsp3) is 0.462. The maximum absolute atomic E-state index is 11.2. The lowest BCUT2D eigenvalue weighted by atomic mass is 10.00. The summed E-state index contributed by atoms with van der Waals surface area (Å²) in [4.78, 5) is 11.2. The van der Waals surface area contributed by atoms with E-state index in [1.807, 2.05) is 12.1 Å². The molecule has 17 heavy (non-hydrogen) atoms. The van der Waals surface area contributed by atoms with E-state index in [0.717, 1.165) is 22.5 Å². The van der Waals surface area contributed by atoms with Gasteiger partial charge in [-0.1, -0.05) is 60.4 Å². The first-order valence-electron chi connectivity index (χ1n) is 5.75. The van der Waals surface area contributed by atoms with Gasteiger partial charge in [-0.3, -0.25) is 0 Å². The molecule has 0 aliphatic carbocycles. The Morgan fingerprint density at radius 3 is 2.47 bits per heavy atom. The van der Waals surface area contributed by atoms with Crippen molar-refractivity contribution in [3.8, 4) is 0 Å². The smallest absolute Gasteiger partial charge is 0.335 e. The molecule has 0 amide bonds. The fourth-order valence-corrected chi connectivity index (χ4v) is 3.47. The number of benzene rings is 1. The van der Waals surface area contributed by atoms with Gasteiger partial charge >= 0.3 is 5.97 Å². The van der Waals surface area contributed by atoms with E-state index in [0.29, 0.717) is 5.56 Å². The molecule has 0 aromatic heterocycles. The minimum Gasteiger partial charge on any atom is -0.478 e. The molecule has 1 aromatic carbocycles. The summed E-state index contributed by atoms with van der Waals surface area (Å²) in [5, 5.41) is 9.22. The van der Waals surface area contributed by atoms with Crippen LogP contribution in [0.5, 0.6) is 0 Å². The van der Waals surface area contributed by atoms with Gasteiger partial charge in [-0.2, -0.15) is 0 Å². The van der Waals surface area contributed by atoms with E-state index < -0.39 is 14.0 Å². The van der Waals surface area contributed by atoms with Gasteiger partial charge in [0, 0.05) is 12.5 Å². The van der Waals surface area contributed by atoms with Crippen LogP contribution in [0.3, 0.4) is 0 Å². The normalized spacial score (nSPS) is 11.5. The summed E-state index contributed by atoms with van der Waals surface area (Å²) in [5.41, 5.74) is 2.69. The molecule has 0 fully saturated rings. The Balaban J connectivity index is 3.05. The van der Waals surface area contributed by atoms with Gasteiger partial charge in [-0.05, 0) is 23.6 Å². The number of carbonyl (C=O) groups is 1. The highest BCUT2D eigenvalue weighted by molar-refractivity contribution is 14.1. The topological polar surface area (TPSA) is 37.3 Å². The lowest BCUT2D eigenvalue weighted by Gasteiger charge is -2.18. The van der Waals surface area contributed by atoms with Crippen molar-refractivity contribution in [1.82, 2.24) is 0 Å². The monoisotopic (exact) mass is 362 g/mol. The molecule has 0 spiro atoms. The van der Waals surface area contributed by atoms with Crippen LogP contribution in [-0.2, 0) is 10.8 Å². The zero-order valence-corrected chi connectivity index (χ0v) is 13.7. The Morgan fingerprint density at radius 1 is 1.35 bits per heavy atom. The summed E-state index contributed by atoms with van der Waals surface area (Å²) in [6.45, 7) is 6.96. The van der Waals surface area contributed by atoms with Crippen molar-refractivity contribution < 1.29 is 9.90 Å². The van der Waals surface area contributed by atoms with E-state index in [9.17, 15) is 9.90 Å². The minimum absolute atomic E-state index is 0.484. The molecule has 0 unspecified atom stereocenters. The molecular weight excluding hydrogens is 343 g/mol. The standard InChI is InChI=1S/C13H19IO2Si/c1-17(2,3)8-7-11-10(9-14)5-4-6-12(11)13(15)16/h4-6H,7-9H2,1-3H3,(H,15,16). The van der Waals surface area contributed by atoms with Crippen molar-refractivity contribution in [1.29, 1.82) is 0 Å². The number of carboxylic acids is 1. The molecule has 0 aliphatic rings. The van der Waals surface area contributed by atoms with Crippen molar-refractivity contribution in [2.45, 2.75) is 36.5 Å². The average molecular weight is 362 g/mol. The predicted octanol–water partition coefficient (Wildman–Crippen LogP) is 4.20. The highest BCUT2D eigenvalue weighted by Gasteiger charge is 2.18. The van der Waals surface area contributed by atoms with Gasteiger partial charge in [-0.15, -0.1) is 0 Å². The number of rotatable bonds is 5. The summed E-state index contributed by atoms with van der Waals surface area (Å²) in [6.07, 6.45) is 0.899. The third kappa shape index (κ3) is 4.42. The van der Waals surface area contributed by atoms with Gasteiger partial charge < -0.3 is 5.11 Å². The van der Waals surface area contributed by atoms with Gasteiger partial charge in [0.25, 0.3) is 0 Å². The summed E-state index contributed by atoms with van der Waals surface area (Å²) in [6, 6.07) is 6.74. The van der Waals surface area contributed by atoms with Crippen LogP contribution in [0.2, 0.25) is 25.7 Å². The molecule has 0 aliphatic heterocycles. The average Bonchev–Trinajstić information content (AvgIpc) is 2.24. The van der Waals surface area contributed by atoms with Crippen molar-refractivity contribution in [2.75, 3.05) is 0 Å². The number of carboxylic acid groups (broad SMARTS) is 1. The minimum atomic E-state index is -1.13. The SMILES string of the molecule is C[Si](C)(C)CCc1c(CI)cccc1C(=O)O. The Bertz CT molecular complexity index is 410. The molecule has 1 rings (SSSR count). The molecule has 0 heterocycles. The molecule has 94 valence electrons. The van der Waals surface area contributed by atoms with E-state index in [4.69, 9.17) is 0 Å². The van der Waals surface area contributed by atoms with Crippen LogP contribution < -0.4 is 0 Å². The maximum atomic E-state index is 11.2. The quantitative estimate of drug-likeness (QED) is 0.484. The first-order valence-corrected chi connectivity index (χ1v) is 11.0. The van der Waals surface area contributed by atoms with Gasteiger partial charge in [0.1, 0.15) is 0 Å². The van der Waals surface area contributed by atoms with Crippen molar-refractivity contribution in [3.05, 3.63) is 34.9 Å². The highest BCUT2D eigenvalue weighted by atomic mass is 127. The Kier molecular flexibility index (Phi) is 5.18. The molecule has 0 radical (unpaired) electrons. The number of alkyl halides is 1. The second kappa shape index (κ2) is 6.00. The fourth-order valence-electron chi connectivity index (χ4n) is 1.76. The molecule has 0 saturated carbocycles. The molecule has 0 bridgehead atoms. The van der Waals surface area contributed by atoms with Crippen LogP contribution in [0.15, 0.2) is 18.2 Å². The third-order valence-corrected chi connectivity index (χ3v) is 5.34. The van der Waals surface area contributed by atoms with Gasteiger partial charge in [-0.25, -0.2) is 4.79 Å². The third-order valence-electron chi connectivity index (χ3n) is 2.77. The van der Waals surface area contributed by atoms with Crippen molar-refractivity contribution >= 4 is 36.6 Å². The first kappa shape index (κ1) is 14.7. The Morgan fingerprint density at radius 2 is 2.00 bits per heavy atom. The van der Waals surface area contributed by atoms with Crippen LogP contribution in [0.1, 0.15) is 21.5 Å². The maximum Gasteiger partial charge on any atom is 0.335 e. The molecule has 4 heteroatoms. The summed E-state index contributed by atoms with van der Waals surface area (Å²) in [5.74, 6) is -0.803. The molecule has 1 N–H and O–H groups in total. The van der Waals surface area contributed by atoms with E-state index >= 15 is 0 Å². The Labute approximate surface area is 118 Å². The molecule has 2 nitrogen and oxygen atoms in total. The summed E-state index contributed by atoms with van der Waals surface area (Å²) < 4.78 is 0.875. The second-order valence-corrected chi connectivity index (χ2v) is 11.8. The molecule has 0 atom stereocenters. The van der Waals surface area contributed by atoms with Gasteiger partial charge in [0.05, 0.1) is 5.56 Å². The summed E-state index contributed by atoms with van der Waals surface area (Å²) >= 11 is 2.30. The first-order chi connectivity index (χ1) is 7.85. The van der Waals surface area contributed by atoms with E-state index in [2.05, 4.69) is 42.2 Å². The molecule has 0 saturated heterocycles. The van der Waals surface area contributed by atoms with Crippen LogP contribution in [0.4, 0.5) is 0 Å². The van der Waals surface area contributed by atoms with Crippen LogP contribution >= 0.6 is 22.6 Å². The molecular formula is C13H19IO2Si.